The van der Waals surface area contributed by atoms with Gasteiger partial charge in [0.2, 0.25) is 0 Å². The summed E-state index contributed by atoms with van der Waals surface area (Å²) in [6.45, 7) is 12.7. The molecule has 0 saturated carbocycles. The van der Waals surface area contributed by atoms with Crippen LogP contribution in [0.25, 0.3) is 0 Å². The Balaban J connectivity index is 2.73. The molecule has 1 N–H and O–H groups in total. The summed E-state index contributed by atoms with van der Waals surface area (Å²) in [6.07, 6.45) is 0. The van der Waals surface area contributed by atoms with Crippen molar-refractivity contribution in [2.45, 2.75) is 47.2 Å². The van der Waals surface area contributed by atoms with Crippen molar-refractivity contribution in [3.05, 3.63) is 34.4 Å². The number of aryl methyl sites for hydroxylation is 3. The Morgan fingerprint density at radius 3 is 2.11 bits per heavy atom. The number of nitrogens with one attached hydrogen (secondary N) is 1. The number of ether oxygens (including phenoxy) is 1. The van der Waals surface area contributed by atoms with E-state index in [9.17, 15) is 0 Å². The molecule has 1 rings (SSSR count). The van der Waals surface area contributed by atoms with Gasteiger partial charge in [-0.2, -0.15) is 0 Å². The van der Waals surface area contributed by atoms with E-state index in [0.717, 1.165) is 13.2 Å². The molecule has 18 heavy (non-hydrogen) atoms. The van der Waals surface area contributed by atoms with Gasteiger partial charge in [0, 0.05) is 19.7 Å². The SMILES string of the molecule is COCC(NCc1c(C)cc(C)cc1C)C(C)C. The second-order valence-corrected chi connectivity index (χ2v) is 5.56. The molecule has 1 aromatic rings. The third-order valence-electron chi connectivity index (χ3n) is 3.53. The topological polar surface area (TPSA) is 21.3 Å². The molecular weight excluding hydrogens is 222 g/mol. The number of methoxy groups -OCH3 is 1. The third kappa shape index (κ3) is 4.11. The van der Waals surface area contributed by atoms with Crippen molar-refractivity contribution in [3.8, 4) is 0 Å². The Labute approximate surface area is 112 Å². The van der Waals surface area contributed by atoms with Gasteiger partial charge in [-0.3, -0.25) is 0 Å². The predicted molar refractivity (Wildman–Crippen MR) is 78.0 cm³/mol. The molecule has 0 aliphatic carbocycles. The Kier molecular flexibility index (Phi) is 5.83. The minimum atomic E-state index is 0.412. The Morgan fingerprint density at radius 2 is 1.67 bits per heavy atom. The summed E-state index contributed by atoms with van der Waals surface area (Å²) < 4.78 is 5.27. The van der Waals surface area contributed by atoms with E-state index >= 15 is 0 Å². The second-order valence-electron chi connectivity index (χ2n) is 5.56. The van der Waals surface area contributed by atoms with Gasteiger partial charge >= 0.3 is 0 Å². The Hall–Kier alpha value is -0.860. The maximum atomic E-state index is 5.27. The lowest BCUT2D eigenvalue weighted by Gasteiger charge is -2.23. The first kappa shape index (κ1) is 15.2. The normalized spacial score (nSPS) is 13.1. The third-order valence-corrected chi connectivity index (χ3v) is 3.53. The number of hydrogen-bond acceptors (Lipinski definition) is 2. The zero-order valence-corrected chi connectivity index (χ0v) is 12.6. The molecule has 2 nitrogen and oxygen atoms in total. The van der Waals surface area contributed by atoms with Crippen LogP contribution in [-0.2, 0) is 11.3 Å². The molecule has 0 spiro atoms. The van der Waals surface area contributed by atoms with Crippen LogP contribution in [0.2, 0.25) is 0 Å². The second kappa shape index (κ2) is 6.91. The fraction of sp³-hybridized carbons (Fsp3) is 0.625. The minimum absolute atomic E-state index is 0.412. The highest BCUT2D eigenvalue weighted by Crippen LogP contribution is 2.16. The van der Waals surface area contributed by atoms with Gasteiger partial charge < -0.3 is 10.1 Å². The quantitative estimate of drug-likeness (QED) is 0.834. The van der Waals surface area contributed by atoms with Crippen molar-refractivity contribution in [1.29, 1.82) is 0 Å². The van der Waals surface area contributed by atoms with E-state index in [4.69, 9.17) is 4.74 Å². The molecule has 1 unspecified atom stereocenters. The summed E-state index contributed by atoms with van der Waals surface area (Å²) in [4.78, 5) is 0. The molecule has 102 valence electrons. The smallest absolute Gasteiger partial charge is 0.0618 e. The van der Waals surface area contributed by atoms with Gasteiger partial charge in [-0.15, -0.1) is 0 Å². The zero-order chi connectivity index (χ0) is 13.7. The van der Waals surface area contributed by atoms with Gasteiger partial charge in [0.15, 0.2) is 0 Å². The summed E-state index contributed by atoms with van der Waals surface area (Å²) in [5, 5.41) is 3.61. The van der Waals surface area contributed by atoms with E-state index in [1.807, 2.05) is 0 Å². The highest BCUT2D eigenvalue weighted by molar-refractivity contribution is 5.37. The lowest BCUT2D eigenvalue weighted by Crippen LogP contribution is -2.37. The number of benzene rings is 1. The van der Waals surface area contributed by atoms with Crippen LogP contribution in [0.5, 0.6) is 0 Å². The molecule has 0 bridgehead atoms. The summed E-state index contributed by atoms with van der Waals surface area (Å²) in [6, 6.07) is 4.92. The van der Waals surface area contributed by atoms with Crippen molar-refractivity contribution in [2.75, 3.05) is 13.7 Å². The van der Waals surface area contributed by atoms with Crippen molar-refractivity contribution < 1.29 is 4.74 Å². The van der Waals surface area contributed by atoms with Crippen molar-refractivity contribution in [2.24, 2.45) is 5.92 Å². The summed E-state index contributed by atoms with van der Waals surface area (Å²) in [5.41, 5.74) is 5.51. The van der Waals surface area contributed by atoms with Crippen LogP contribution < -0.4 is 5.32 Å². The fourth-order valence-electron chi connectivity index (χ4n) is 2.39. The van der Waals surface area contributed by atoms with Gasteiger partial charge in [0.1, 0.15) is 0 Å². The fourth-order valence-corrected chi connectivity index (χ4v) is 2.39. The standard InChI is InChI=1S/C16H27NO/c1-11(2)16(10-18-6)17-9-15-13(4)7-12(3)8-14(15)5/h7-8,11,16-17H,9-10H2,1-6H3. The molecule has 0 amide bonds. The number of rotatable bonds is 6. The molecule has 1 atom stereocenters. The molecule has 0 aromatic heterocycles. The monoisotopic (exact) mass is 249 g/mol. The van der Waals surface area contributed by atoms with Gasteiger partial charge in [-0.05, 0) is 43.4 Å². The lowest BCUT2D eigenvalue weighted by molar-refractivity contribution is 0.146. The molecule has 0 aliphatic rings. The zero-order valence-electron chi connectivity index (χ0n) is 12.6. The molecule has 0 saturated heterocycles. The van der Waals surface area contributed by atoms with Crippen LogP contribution in [0.4, 0.5) is 0 Å². The predicted octanol–water partition coefficient (Wildman–Crippen LogP) is 3.37. The molecule has 1 aromatic carbocycles. The van der Waals surface area contributed by atoms with E-state index in [-0.39, 0.29) is 0 Å². The van der Waals surface area contributed by atoms with E-state index in [0.29, 0.717) is 12.0 Å². The average molecular weight is 249 g/mol. The average Bonchev–Trinajstić information content (AvgIpc) is 2.25. The summed E-state index contributed by atoms with van der Waals surface area (Å²) in [7, 11) is 1.76. The Bertz CT molecular complexity index is 362. The van der Waals surface area contributed by atoms with Crippen LogP contribution >= 0.6 is 0 Å². The molecule has 0 fully saturated rings. The van der Waals surface area contributed by atoms with Crippen molar-refractivity contribution in [3.63, 3.8) is 0 Å². The van der Waals surface area contributed by atoms with Crippen LogP contribution in [-0.4, -0.2) is 19.8 Å². The van der Waals surface area contributed by atoms with Gasteiger partial charge in [0.25, 0.3) is 0 Å². The van der Waals surface area contributed by atoms with E-state index in [1.165, 1.54) is 22.3 Å². The summed E-state index contributed by atoms with van der Waals surface area (Å²) in [5.74, 6) is 0.580. The van der Waals surface area contributed by atoms with E-state index < -0.39 is 0 Å². The van der Waals surface area contributed by atoms with E-state index in [2.05, 4.69) is 52.1 Å². The van der Waals surface area contributed by atoms with Gasteiger partial charge in [0.05, 0.1) is 6.61 Å². The molecular formula is C16H27NO. The largest absolute Gasteiger partial charge is 0.383 e. The molecule has 0 aliphatic heterocycles. The first-order chi connectivity index (χ1) is 8.45. The molecule has 0 heterocycles. The first-order valence-electron chi connectivity index (χ1n) is 6.74. The van der Waals surface area contributed by atoms with Crippen molar-refractivity contribution in [1.82, 2.24) is 5.32 Å². The lowest BCUT2D eigenvalue weighted by atomic mass is 9.98. The van der Waals surface area contributed by atoms with E-state index in [1.54, 1.807) is 7.11 Å². The first-order valence-corrected chi connectivity index (χ1v) is 6.74. The maximum absolute atomic E-state index is 5.27. The van der Waals surface area contributed by atoms with Crippen LogP contribution in [0.15, 0.2) is 12.1 Å². The van der Waals surface area contributed by atoms with Crippen molar-refractivity contribution >= 4 is 0 Å². The minimum Gasteiger partial charge on any atom is -0.383 e. The molecule has 0 radical (unpaired) electrons. The highest BCUT2D eigenvalue weighted by Gasteiger charge is 2.13. The summed E-state index contributed by atoms with van der Waals surface area (Å²) >= 11 is 0. The van der Waals surface area contributed by atoms with Crippen LogP contribution in [0.3, 0.4) is 0 Å². The maximum Gasteiger partial charge on any atom is 0.0618 e. The van der Waals surface area contributed by atoms with Crippen LogP contribution in [0.1, 0.15) is 36.1 Å². The Morgan fingerprint density at radius 1 is 1.11 bits per heavy atom. The van der Waals surface area contributed by atoms with Crippen LogP contribution in [0, 0.1) is 26.7 Å². The highest BCUT2D eigenvalue weighted by atomic mass is 16.5. The molecule has 2 heteroatoms. The van der Waals surface area contributed by atoms with Gasteiger partial charge in [-0.25, -0.2) is 0 Å². The number of hydrogen-bond donors (Lipinski definition) is 1. The van der Waals surface area contributed by atoms with Gasteiger partial charge in [-0.1, -0.05) is 31.5 Å².